The number of carbonyl (C=O) groups is 1. The summed E-state index contributed by atoms with van der Waals surface area (Å²) in [7, 11) is 2.12. The molecular formula is C17H20FN3O4. The minimum atomic E-state index is -1.43. The van der Waals surface area contributed by atoms with Crippen LogP contribution in [0.4, 0.5) is 15.8 Å². The Bertz CT molecular complexity index is 759. The molecule has 0 aliphatic carbocycles. The minimum Gasteiger partial charge on any atom is -0.541 e. The Morgan fingerprint density at radius 3 is 2.76 bits per heavy atom. The second-order valence-corrected chi connectivity index (χ2v) is 6.78. The van der Waals surface area contributed by atoms with Gasteiger partial charge in [-0.25, -0.2) is 4.39 Å². The van der Waals surface area contributed by atoms with E-state index in [-0.39, 0.29) is 17.6 Å². The molecule has 0 radical (unpaired) electrons. The van der Waals surface area contributed by atoms with Crippen LogP contribution < -0.4 is 29.3 Å². The average molecular weight is 349 g/mol. The summed E-state index contributed by atoms with van der Waals surface area (Å²) < 4.78 is 26.1. The number of rotatable bonds is 2. The molecule has 3 heterocycles. The van der Waals surface area contributed by atoms with Gasteiger partial charge in [-0.05, 0) is 6.92 Å². The van der Waals surface area contributed by atoms with E-state index in [1.165, 1.54) is 17.2 Å². The van der Waals surface area contributed by atoms with Crippen molar-refractivity contribution < 1.29 is 28.7 Å². The standard InChI is InChI=1S/C17H20FN3O4/c1-10-9-24-16-14(20-5-3-19(2)4-6-20)11(18)7-12-15(16)21(10)8-13(25-12)17(22)23/h7-8,10H,3-6,9H2,1-2H3,(H,22,23)/t10-/m0/s1. The number of anilines is 2. The lowest BCUT2D eigenvalue weighted by Gasteiger charge is -2.41. The largest absolute Gasteiger partial charge is 0.541 e. The van der Waals surface area contributed by atoms with Gasteiger partial charge in [-0.2, -0.15) is 0 Å². The summed E-state index contributed by atoms with van der Waals surface area (Å²) in [5.74, 6) is -1.67. The van der Waals surface area contributed by atoms with Crippen molar-refractivity contribution in [3.8, 4) is 11.5 Å². The van der Waals surface area contributed by atoms with Gasteiger partial charge in [0, 0.05) is 12.3 Å². The average Bonchev–Trinajstić information content (AvgIpc) is 2.58. The summed E-state index contributed by atoms with van der Waals surface area (Å²) >= 11 is 0. The number of ether oxygens (including phenoxy) is 2. The van der Waals surface area contributed by atoms with E-state index < -0.39 is 11.8 Å². The van der Waals surface area contributed by atoms with Crippen molar-refractivity contribution in [2.45, 2.75) is 13.0 Å². The third kappa shape index (κ3) is 2.57. The molecule has 0 amide bonds. The fourth-order valence-electron chi connectivity index (χ4n) is 3.51. The number of hydrogen-bond donors (Lipinski definition) is 1. The highest BCUT2D eigenvalue weighted by Crippen LogP contribution is 2.51. The molecule has 4 rings (SSSR count). The molecule has 1 saturated heterocycles. The number of carboxylic acid groups (broad SMARTS) is 1. The number of nitrogens with one attached hydrogen (secondary N) is 1. The van der Waals surface area contributed by atoms with E-state index in [1.54, 1.807) is 4.90 Å². The number of piperazine rings is 1. The lowest BCUT2D eigenvalue weighted by Crippen LogP contribution is -3.12. The van der Waals surface area contributed by atoms with Crippen LogP contribution in [0.1, 0.15) is 6.92 Å². The van der Waals surface area contributed by atoms with Gasteiger partial charge in [-0.3, -0.25) is 0 Å². The number of benzene rings is 1. The second-order valence-electron chi connectivity index (χ2n) is 6.78. The van der Waals surface area contributed by atoms with Crippen LogP contribution in [0.3, 0.4) is 0 Å². The first-order chi connectivity index (χ1) is 12.0. The number of nitrogens with zero attached hydrogens (tertiary/aromatic N) is 2. The maximum atomic E-state index is 14.9. The van der Waals surface area contributed by atoms with Gasteiger partial charge in [0.1, 0.15) is 24.0 Å². The zero-order chi connectivity index (χ0) is 17.7. The van der Waals surface area contributed by atoms with Gasteiger partial charge in [0.05, 0.1) is 39.3 Å². The number of halogens is 1. The fraction of sp³-hybridized carbons (Fsp3) is 0.471. The smallest absolute Gasteiger partial charge is 0.173 e. The molecule has 0 aromatic heterocycles. The fourth-order valence-corrected chi connectivity index (χ4v) is 3.51. The summed E-state index contributed by atoms with van der Waals surface area (Å²) in [6.45, 7) is 5.54. The van der Waals surface area contributed by atoms with Gasteiger partial charge in [0.15, 0.2) is 23.1 Å². The molecule has 0 bridgehead atoms. The Kier molecular flexibility index (Phi) is 3.72. The van der Waals surface area contributed by atoms with Crippen molar-refractivity contribution in [1.29, 1.82) is 0 Å². The molecular weight excluding hydrogens is 329 g/mol. The minimum absolute atomic E-state index is 0.0975. The Morgan fingerprint density at radius 2 is 2.08 bits per heavy atom. The van der Waals surface area contributed by atoms with E-state index in [2.05, 4.69) is 7.05 Å². The van der Waals surface area contributed by atoms with E-state index in [4.69, 9.17) is 9.47 Å². The number of hydrogen-bond acceptors (Lipinski definition) is 6. The second kappa shape index (κ2) is 5.80. The van der Waals surface area contributed by atoms with Crippen LogP contribution >= 0.6 is 0 Å². The molecule has 8 heteroatoms. The number of likely N-dealkylation sites (N-methyl/N-ethyl adjacent to an activating group) is 1. The SMILES string of the molecule is C[C@H]1COc2c(N3CC[NH+](C)CC3)c(F)cc3c2N1C=C(C(=O)[O-])O3. The molecule has 0 saturated carbocycles. The zero-order valence-electron chi connectivity index (χ0n) is 14.2. The number of quaternary nitrogens is 1. The summed E-state index contributed by atoms with van der Waals surface area (Å²) in [6.07, 6.45) is 1.39. The highest BCUT2D eigenvalue weighted by Gasteiger charge is 2.37. The van der Waals surface area contributed by atoms with Crippen molar-refractivity contribution in [3.63, 3.8) is 0 Å². The molecule has 7 nitrogen and oxygen atoms in total. The maximum absolute atomic E-state index is 14.9. The molecule has 1 N–H and O–H groups in total. The van der Waals surface area contributed by atoms with E-state index in [0.717, 1.165) is 26.2 Å². The predicted molar refractivity (Wildman–Crippen MR) is 86.4 cm³/mol. The van der Waals surface area contributed by atoms with Crippen LogP contribution in [-0.2, 0) is 4.79 Å². The molecule has 1 aromatic carbocycles. The number of carboxylic acids is 1. The highest BCUT2D eigenvalue weighted by molar-refractivity contribution is 5.89. The van der Waals surface area contributed by atoms with E-state index in [1.807, 2.05) is 11.8 Å². The molecule has 0 unspecified atom stereocenters. The Hall–Kier alpha value is -2.48. The third-order valence-electron chi connectivity index (χ3n) is 4.96. The van der Waals surface area contributed by atoms with Crippen LogP contribution in [0.2, 0.25) is 0 Å². The first-order valence-corrected chi connectivity index (χ1v) is 8.40. The third-order valence-corrected chi connectivity index (χ3v) is 4.96. The Morgan fingerprint density at radius 1 is 1.36 bits per heavy atom. The monoisotopic (exact) mass is 349 g/mol. The van der Waals surface area contributed by atoms with Crippen molar-refractivity contribution >= 4 is 17.3 Å². The van der Waals surface area contributed by atoms with Gasteiger partial charge in [0.25, 0.3) is 0 Å². The van der Waals surface area contributed by atoms with Crippen LogP contribution in [0.25, 0.3) is 0 Å². The van der Waals surface area contributed by atoms with Crippen molar-refractivity contribution in [2.75, 3.05) is 49.6 Å². The highest BCUT2D eigenvalue weighted by atomic mass is 19.1. The number of aliphatic carboxylic acids is 1. The Balaban J connectivity index is 1.81. The normalized spacial score (nSPS) is 22.7. The van der Waals surface area contributed by atoms with Crippen LogP contribution in [-0.4, -0.2) is 51.8 Å². The van der Waals surface area contributed by atoms with Crippen LogP contribution in [0.5, 0.6) is 11.5 Å². The molecule has 1 atom stereocenters. The first-order valence-electron chi connectivity index (χ1n) is 8.40. The first kappa shape index (κ1) is 16.0. The van der Waals surface area contributed by atoms with E-state index >= 15 is 0 Å². The van der Waals surface area contributed by atoms with E-state index in [0.29, 0.717) is 23.7 Å². The van der Waals surface area contributed by atoms with Gasteiger partial charge in [0.2, 0.25) is 0 Å². The number of carbonyl (C=O) groups excluding carboxylic acids is 1. The zero-order valence-corrected chi connectivity index (χ0v) is 14.2. The van der Waals surface area contributed by atoms with E-state index in [9.17, 15) is 14.3 Å². The molecule has 3 aliphatic rings. The summed E-state index contributed by atoms with van der Waals surface area (Å²) in [6, 6.07) is 1.14. The van der Waals surface area contributed by atoms with Gasteiger partial charge < -0.3 is 34.1 Å². The summed E-state index contributed by atoms with van der Waals surface area (Å²) in [5, 5.41) is 11.2. The van der Waals surface area contributed by atoms with Crippen LogP contribution in [0.15, 0.2) is 18.0 Å². The quantitative estimate of drug-likeness (QED) is 0.718. The lowest BCUT2D eigenvalue weighted by atomic mass is 10.1. The van der Waals surface area contributed by atoms with Crippen LogP contribution in [0, 0.1) is 5.82 Å². The molecule has 1 aromatic rings. The lowest BCUT2D eigenvalue weighted by molar-refractivity contribution is -0.880. The molecule has 0 spiro atoms. The maximum Gasteiger partial charge on any atom is 0.173 e. The van der Waals surface area contributed by atoms with Crippen molar-refractivity contribution in [3.05, 3.63) is 23.8 Å². The summed E-state index contributed by atoms with van der Waals surface area (Å²) in [5.41, 5.74) is 1.00. The molecule has 3 aliphatic heterocycles. The molecule has 25 heavy (non-hydrogen) atoms. The van der Waals surface area contributed by atoms with Crippen molar-refractivity contribution in [1.82, 2.24) is 0 Å². The van der Waals surface area contributed by atoms with Gasteiger partial charge >= 0.3 is 0 Å². The van der Waals surface area contributed by atoms with Gasteiger partial charge in [-0.15, -0.1) is 0 Å². The molecule has 134 valence electrons. The Labute approximate surface area is 144 Å². The van der Waals surface area contributed by atoms with Crippen molar-refractivity contribution in [2.24, 2.45) is 0 Å². The molecule has 1 fully saturated rings. The summed E-state index contributed by atoms with van der Waals surface area (Å²) in [4.78, 5) is 16.4. The van der Waals surface area contributed by atoms with Gasteiger partial charge in [-0.1, -0.05) is 0 Å². The topological polar surface area (TPSA) is 69.5 Å². The predicted octanol–water partition coefficient (Wildman–Crippen LogP) is -1.27.